The summed E-state index contributed by atoms with van der Waals surface area (Å²) in [6.07, 6.45) is 3.89. The second-order valence-electron chi connectivity index (χ2n) is 30.7. The molecule has 5 heterocycles. The normalized spacial score (nSPS) is 12.8. The minimum atomic E-state index is -0.189. The van der Waals surface area contributed by atoms with Crippen LogP contribution in [0.25, 0.3) is 220 Å². The van der Waals surface area contributed by atoms with E-state index in [9.17, 15) is 0 Å². The quantitative estimate of drug-likeness (QED) is 0.0997. The van der Waals surface area contributed by atoms with Gasteiger partial charge in [-0.2, -0.15) is 0 Å². The number of nitrogens with zero attached hydrogens (tertiary/aromatic N) is 4. The maximum Gasteiger partial charge on any atom is 0.160 e. The molecule has 18 aromatic carbocycles. The van der Waals surface area contributed by atoms with Gasteiger partial charge in [0.2, 0.25) is 0 Å². The topological polar surface area (TPSA) is 81.3 Å². The Morgan fingerprint density at radius 2 is 0.832 bits per heavy atom. The number of anilines is 3. The van der Waals surface area contributed by atoms with Gasteiger partial charge in [-0.1, -0.05) is 269 Å². The smallest absolute Gasteiger partial charge is 0.160 e. The zero-order valence-corrected chi connectivity index (χ0v) is 61.5. The number of pyridine rings is 1. The molecule has 0 atom stereocenters. The standard InChI is InChI=1S/C106H64N4O3/c1-106(2)89-40-18-15-32-75(89)81-38-22-37-80(100(81)106)73-30-12-11-28-70(73)63-45-43-61(44-46-63)66-55-87-79-50-51-91(110(69-26-7-4-8-27-69)102-72-29-10-9-25-64(72)53-85-71(36-21-39-83(85)102)62-23-5-3-6-24-62)104-99(79)98-78(48-49-84(103(98)113-104)101-82-35-14-13-31-74(82)76-33-16-19-41-90(76)109-101)88-56-67(58-95-97(88)96(87)94(57-66)112-95)68-59-107-105(108-60-68)65-47-52-93-86(54-65)77-34-17-20-42-92(77)111-93/h3-60H,1-2H3. The summed E-state index contributed by atoms with van der Waals surface area (Å²) in [6, 6.07) is 123. The molecule has 23 aromatic rings. The van der Waals surface area contributed by atoms with Crippen molar-refractivity contribution >= 4 is 148 Å². The molecule has 7 heteroatoms. The summed E-state index contributed by atoms with van der Waals surface area (Å²) in [4.78, 5) is 18.5. The van der Waals surface area contributed by atoms with E-state index in [-0.39, 0.29) is 5.41 Å². The second-order valence-corrected chi connectivity index (χ2v) is 30.7. The summed E-state index contributed by atoms with van der Waals surface area (Å²) in [7, 11) is 0. The number of furan rings is 3. The van der Waals surface area contributed by atoms with Crippen LogP contribution >= 0.6 is 0 Å². The molecule has 7 nitrogen and oxygen atoms in total. The van der Waals surface area contributed by atoms with Crippen molar-refractivity contribution in [1.82, 2.24) is 15.0 Å². The summed E-state index contributed by atoms with van der Waals surface area (Å²) >= 11 is 0. The third-order valence-corrected chi connectivity index (χ3v) is 24.3. The van der Waals surface area contributed by atoms with Crippen molar-refractivity contribution in [3.63, 3.8) is 0 Å². The second kappa shape index (κ2) is 24.1. The van der Waals surface area contributed by atoms with Gasteiger partial charge in [0.15, 0.2) is 11.4 Å². The predicted octanol–water partition coefficient (Wildman–Crippen LogP) is 29.4. The fourth-order valence-electron chi connectivity index (χ4n) is 19.2. The monoisotopic (exact) mass is 1440 g/mol. The van der Waals surface area contributed by atoms with Crippen molar-refractivity contribution in [3.8, 4) is 89.4 Å². The predicted molar refractivity (Wildman–Crippen MR) is 468 cm³/mol. The molecule has 0 spiro atoms. The van der Waals surface area contributed by atoms with E-state index in [0.29, 0.717) is 5.82 Å². The van der Waals surface area contributed by atoms with Gasteiger partial charge in [0.1, 0.15) is 27.9 Å². The van der Waals surface area contributed by atoms with Crippen LogP contribution in [0, 0.1) is 0 Å². The highest BCUT2D eigenvalue weighted by Gasteiger charge is 2.38. The highest BCUT2D eigenvalue weighted by Crippen LogP contribution is 2.57. The van der Waals surface area contributed by atoms with Gasteiger partial charge in [0.05, 0.1) is 22.6 Å². The lowest BCUT2D eigenvalue weighted by molar-refractivity contribution is 0.662. The van der Waals surface area contributed by atoms with Gasteiger partial charge in [-0.3, -0.25) is 0 Å². The van der Waals surface area contributed by atoms with Crippen LogP contribution in [0.4, 0.5) is 17.1 Å². The molecule has 0 bridgehead atoms. The van der Waals surface area contributed by atoms with E-state index in [2.05, 4.69) is 328 Å². The molecule has 5 aromatic heterocycles. The highest BCUT2D eigenvalue weighted by molar-refractivity contribution is 6.39. The Morgan fingerprint density at radius 3 is 1.62 bits per heavy atom. The van der Waals surface area contributed by atoms with Crippen LogP contribution < -0.4 is 4.90 Å². The fourth-order valence-corrected chi connectivity index (χ4v) is 19.2. The molecule has 1 aliphatic rings. The maximum atomic E-state index is 8.20. The van der Waals surface area contributed by atoms with Gasteiger partial charge in [-0.15, -0.1) is 0 Å². The van der Waals surface area contributed by atoms with Crippen LogP contribution in [-0.4, -0.2) is 15.0 Å². The van der Waals surface area contributed by atoms with Crippen LogP contribution in [0.3, 0.4) is 0 Å². The molecular formula is C106H64N4O3. The molecule has 0 aliphatic heterocycles. The summed E-state index contributed by atoms with van der Waals surface area (Å²) < 4.78 is 22.0. The van der Waals surface area contributed by atoms with Crippen molar-refractivity contribution < 1.29 is 13.3 Å². The van der Waals surface area contributed by atoms with E-state index in [0.717, 1.165) is 203 Å². The van der Waals surface area contributed by atoms with E-state index in [1.54, 1.807) is 0 Å². The Balaban J connectivity index is 0.788. The highest BCUT2D eigenvalue weighted by atomic mass is 16.3. The molecular weight excluding hydrogens is 1380 g/mol. The van der Waals surface area contributed by atoms with Gasteiger partial charge in [0.25, 0.3) is 0 Å². The largest absolute Gasteiger partial charge is 0.456 e. The molecule has 0 amide bonds. The fraction of sp³-hybridized carbons (Fsp3) is 0.0283. The Morgan fingerprint density at radius 1 is 0.283 bits per heavy atom. The van der Waals surface area contributed by atoms with E-state index < -0.39 is 0 Å². The number of benzene rings is 17. The minimum absolute atomic E-state index is 0.189. The Labute approximate surface area is 648 Å². The first-order valence-corrected chi connectivity index (χ1v) is 38.7. The van der Waals surface area contributed by atoms with Gasteiger partial charge < -0.3 is 18.2 Å². The van der Waals surface area contributed by atoms with E-state index in [1.165, 1.54) is 38.9 Å². The molecule has 24 rings (SSSR count). The van der Waals surface area contributed by atoms with E-state index >= 15 is 0 Å². The lowest BCUT2D eigenvalue weighted by atomic mass is 9.78. The third-order valence-electron chi connectivity index (χ3n) is 24.3. The number of hydrogen-bond acceptors (Lipinski definition) is 7. The van der Waals surface area contributed by atoms with Crippen molar-refractivity contribution in [2.75, 3.05) is 4.90 Å². The van der Waals surface area contributed by atoms with Crippen molar-refractivity contribution in [2.45, 2.75) is 19.3 Å². The maximum absolute atomic E-state index is 8.20. The van der Waals surface area contributed by atoms with Crippen LogP contribution in [0.5, 0.6) is 0 Å². The van der Waals surface area contributed by atoms with Gasteiger partial charge >= 0.3 is 0 Å². The van der Waals surface area contributed by atoms with E-state index in [1.807, 2.05) is 42.7 Å². The van der Waals surface area contributed by atoms with Crippen molar-refractivity contribution in [3.05, 3.63) is 363 Å². The zero-order valence-electron chi connectivity index (χ0n) is 61.5. The molecule has 0 radical (unpaired) electrons. The number of rotatable bonds is 10. The first-order valence-electron chi connectivity index (χ1n) is 38.7. The molecule has 1 aliphatic carbocycles. The molecule has 0 N–H and O–H groups in total. The summed E-state index contributed by atoms with van der Waals surface area (Å²) in [6.45, 7) is 4.75. The Hall–Kier alpha value is -14.8. The molecule has 0 saturated carbocycles. The zero-order chi connectivity index (χ0) is 74.3. The van der Waals surface area contributed by atoms with Crippen molar-refractivity contribution in [2.24, 2.45) is 0 Å². The van der Waals surface area contributed by atoms with Gasteiger partial charge in [-0.25, -0.2) is 15.0 Å². The summed E-state index contributed by atoms with van der Waals surface area (Å²) in [5, 5.41) is 17.8. The first kappa shape index (κ1) is 63.2. The Kier molecular flexibility index (Phi) is 13.5. The average molecular weight is 1440 g/mol. The SMILES string of the molecule is CC1(C)c2ccccc2-c2cccc(-c3ccccc3-c3ccc(-c4cc5oc6cc(-c7cnc(-c8ccc9oc%10ccccc%10c9c8)nc7)cc7c8ccc(-c9nc%10ccccc%10c%10ccccc9%10)c9oc%10c(N(c%11ccccc%11)c%11c%12ccccc%12cc%12c(-c%13ccccc%13)cccc%11%12)ccc(c(c4)c5c67)c%10c98)cc3)c21. The summed E-state index contributed by atoms with van der Waals surface area (Å²) in [5.74, 6) is 0.613. The number of para-hydroxylation sites is 3. The van der Waals surface area contributed by atoms with Crippen molar-refractivity contribution in [1.29, 1.82) is 0 Å². The minimum Gasteiger partial charge on any atom is -0.456 e. The number of hydrogen-bond donors (Lipinski definition) is 0. The van der Waals surface area contributed by atoms with Crippen LogP contribution in [0.2, 0.25) is 0 Å². The number of aromatic nitrogens is 3. The molecule has 0 fully saturated rings. The Bertz CT molecular complexity index is 7950. The van der Waals surface area contributed by atoms with Crippen LogP contribution in [0.1, 0.15) is 25.0 Å². The lowest BCUT2D eigenvalue weighted by Crippen LogP contribution is -2.16. The molecule has 0 unspecified atom stereocenters. The molecule has 526 valence electrons. The van der Waals surface area contributed by atoms with Crippen LogP contribution in [0.15, 0.2) is 365 Å². The van der Waals surface area contributed by atoms with Gasteiger partial charge in [-0.05, 0) is 195 Å². The molecule has 113 heavy (non-hydrogen) atoms. The van der Waals surface area contributed by atoms with Gasteiger partial charge in [0, 0.05) is 94.0 Å². The summed E-state index contributed by atoms with van der Waals surface area (Å²) in [5.41, 5.74) is 27.1. The number of fused-ring (bicyclic) bond motifs is 13. The molecule has 0 saturated heterocycles. The van der Waals surface area contributed by atoms with Crippen LogP contribution in [-0.2, 0) is 5.41 Å². The van der Waals surface area contributed by atoms with E-state index in [4.69, 9.17) is 28.2 Å². The average Bonchev–Trinajstić information content (AvgIpc) is 1.54. The lowest BCUT2D eigenvalue weighted by Gasteiger charge is -2.29. The third kappa shape index (κ3) is 9.40. The first-order chi connectivity index (χ1) is 55.8.